The molecule has 0 radical (unpaired) electrons. The topological polar surface area (TPSA) is 61.0 Å². The van der Waals surface area contributed by atoms with Gasteiger partial charge in [0.05, 0.1) is 5.69 Å². The van der Waals surface area contributed by atoms with Crippen LogP contribution in [0.1, 0.15) is 12.7 Å². The van der Waals surface area contributed by atoms with Crippen LogP contribution in [0.2, 0.25) is 0 Å². The van der Waals surface area contributed by atoms with Crippen molar-refractivity contribution in [3.63, 3.8) is 0 Å². The van der Waals surface area contributed by atoms with Crippen LogP contribution < -0.4 is 5.73 Å². The van der Waals surface area contributed by atoms with E-state index in [4.69, 9.17) is 10.5 Å². The molecule has 0 unspecified atom stereocenters. The van der Waals surface area contributed by atoms with Gasteiger partial charge in [0, 0.05) is 23.6 Å². The van der Waals surface area contributed by atoms with Crippen molar-refractivity contribution in [2.24, 2.45) is 0 Å². The second-order valence-corrected chi connectivity index (χ2v) is 4.02. The molecular weight excluding hydrogens is 222 g/mol. The summed E-state index contributed by atoms with van der Waals surface area (Å²) in [5.74, 6) is 1.11. The third-order valence-electron chi connectivity index (χ3n) is 2.04. The Labute approximate surface area is 98.1 Å². The summed E-state index contributed by atoms with van der Waals surface area (Å²) in [7, 11) is 0. The van der Waals surface area contributed by atoms with Crippen LogP contribution >= 0.6 is 11.3 Å². The molecule has 0 aliphatic rings. The molecule has 4 nitrogen and oxygen atoms in total. The molecule has 0 atom stereocenters. The van der Waals surface area contributed by atoms with Crippen molar-refractivity contribution in [2.75, 3.05) is 12.3 Å². The first-order chi connectivity index (χ1) is 7.79. The van der Waals surface area contributed by atoms with Crippen molar-refractivity contribution < 1.29 is 4.74 Å². The summed E-state index contributed by atoms with van der Waals surface area (Å²) >= 11 is 1.63. The molecule has 5 heteroatoms. The smallest absolute Gasteiger partial charge is 0.157 e. The van der Waals surface area contributed by atoms with Crippen molar-refractivity contribution in [2.45, 2.75) is 13.5 Å². The highest BCUT2D eigenvalue weighted by Crippen LogP contribution is 2.21. The van der Waals surface area contributed by atoms with Gasteiger partial charge >= 0.3 is 0 Å². The SMILES string of the molecule is CCOCc1nc(N)cc(-c2ccsc2)n1. The van der Waals surface area contributed by atoms with E-state index in [9.17, 15) is 0 Å². The van der Waals surface area contributed by atoms with Crippen molar-refractivity contribution in [3.05, 3.63) is 28.7 Å². The Hall–Kier alpha value is -1.46. The molecule has 2 rings (SSSR count). The fourth-order valence-electron chi connectivity index (χ4n) is 1.33. The van der Waals surface area contributed by atoms with Gasteiger partial charge in [-0.3, -0.25) is 0 Å². The van der Waals surface area contributed by atoms with Crippen LogP contribution in [-0.4, -0.2) is 16.6 Å². The highest BCUT2D eigenvalue weighted by atomic mass is 32.1. The summed E-state index contributed by atoms with van der Waals surface area (Å²) in [6.45, 7) is 2.98. The maximum absolute atomic E-state index is 5.73. The molecule has 2 heterocycles. The molecule has 2 aromatic heterocycles. The predicted molar refractivity (Wildman–Crippen MR) is 65.1 cm³/mol. The molecule has 84 valence electrons. The normalized spacial score (nSPS) is 10.6. The summed E-state index contributed by atoms with van der Waals surface area (Å²) < 4.78 is 5.27. The van der Waals surface area contributed by atoms with Gasteiger partial charge in [-0.25, -0.2) is 9.97 Å². The summed E-state index contributed by atoms with van der Waals surface area (Å²) in [5.41, 5.74) is 7.65. The molecule has 2 N–H and O–H groups in total. The van der Waals surface area contributed by atoms with Gasteiger partial charge in [-0.1, -0.05) is 0 Å². The van der Waals surface area contributed by atoms with Crippen LogP contribution in [0.15, 0.2) is 22.9 Å². The minimum absolute atomic E-state index is 0.401. The molecule has 0 bridgehead atoms. The van der Waals surface area contributed by atoms with Gasteiger partial charge in [0.2, 0.25) is 0 Å². The number of nitrogens with zero attached hydrogens (tertiary/aromatic N) is 2. The Kier molecular flexibility index (Phi) is 3.48. The molecule has 16 heavy (non-hydrogen) atoms. The van der Waals surface area contributed by atoms with E-state index in [1.165, 1.54) is 0 Å². The van der Waals surface area contributed by atoms with Crippen molar-refractivity contribution in [1.82, 2.24) is 9.97 Å². The molecule has 0 saturated carbocycles. The van der Waals surface area contributed by atoms with Crippen molar-refractivity contribution >= 4 is 17.2 Å². The Balaban J connectivity index is 2.29. The van der Waals surface area contributed by atoms with Crippen LogP contribution in [0.3, 0.4) is 0 Å². The highest BCUT2D eigenvalue weighted by molar-refractivity contribution is 7.08. The van der Waals surface area contributed by atoms with Gasteiger partial charge in [0.25, 0.3) is 0 Å². The second kappa shape index (κ2) is 5.05. The molecule has 0 spiro atoms. The highest BCUT2D eigenvalue weighted by Gasteiger charge is 2.05. The number of rotatable bonds is 4. The van der Waals surface area contributed by atoms with Crippen LogP contribution in [0.25, 0.3) is 11.3 Å². The number of ether oxygens (including phenoxy) is 1. The zero-order chi connectivity index (χ0) is 11.4. The Morgan fingerprint density at radius 1 is 1.44 bits per heavy atom. The molecule has 0 amide bonds. The number of hydrogen-bond acceptors (Lipinski definition) is 5. The van der Waals surface area contributed by atoms with Gasteiger partial charge in [0.1, 0.15) is 12.4 Å². The third kappa shape index (κ3) is 2.56. The number of nitrogen functional groups attached to an aromatic ring is 1. The monoisotopic (exact) mass is 235 g/mol. The van der Waals surface area contributed by atoms with E-state index in [2.05, 4.69) is 9.97 Å². The van der Waals surface area contributed by atoms with Crippen LogP contribution in [-0.2, 0) is 11.3 Å². The van der Waals surface area contributed by atoms with E-state index < -0.39 is 0 Å². The largest absolute Gasteiger partial charge is 0.384 e. The van der Waals surface area contributed by atoms with Crippen LogP contribution in [0.4, 0.5) is 5.82 Å². The number of anilines is 1. The lowest BCUT2D eigenvalue weighted by atomic mass is 10.2. The summed E-state index contributed by atoms with van der Waals surface area (Å²) in [6, 6.07) is 3.79. The first kappa shape index (κ1) is 11.0. The van der Waals surface area contributed by atoms with E-state index >= 15 is 0 Å². The molecule has 0 saturated heterocycles. The zero-order valence-electron chi connectivity index (χ0n) is 9.01. The number of hydrogen-bond donors (Lipinski definition) is 1. The van der Waals surface area contributed by atoms with E-state index in [1.54, 1.807) is 17.4 Å². The van der Waals surface area contributed by atoms with E-state index in [-0.39, 0.29) is 0 Å². The standard InChI is InChI=1S/C11H13N3OS/c1-2-15-6-11-13-9(5-10(12)14-11)8-3-4-16-7-8/h3-5,7H,2,6H2,1H3,(H2,12,13,14). The molecule has 0 aliphatic carbocycles. The lowest BCUT2D eigenvalue weighted by Gasteiger charge is -2.04. The molecule has 2 aromatic rings. The van der Waals surface area contributed by atoms with Gasteiger partial charge in [-0.05, 0) is 18.4 Å². The van der Waals surface area contributed by atoms with E-state index in [1.807, 2.05) is 23.8 Å². The van der Waals surface area contributed by atoms with Crippen molar-refractivity contribution in [3.8, 4) is 11.3 Å². The summed E-state index contributed by atoms with van der Waals surface area (Å²) in [4.78, 5) is 8.53. The average molecular weight is 235 g/mol. The Morgan fingerprint density at radius 3 is 3.00 bits per heavy atom. The van der Waals surface area contributed by atoms with Gasteiger partial charge in [0.15, 0.2) is 5.82 Å². The summed E-state index contributed by atoms with van der Waals surface area (Å²) in [6.07, 6.45) is 0. The Morgan fingerprint density at radius 2 is 2.31 bits per heavy atom. The lowest BCUT2D eigenvalue weighted by Crippen LogP contribution is -2.03. The number of thiophene rings is 1. The Bertz CT molecular complexity index is 456. The molecular formula is C11H13N3OS. The maximum atomic E-state index is 5.73. The number of nitrogens with two attached hydrogens (primary N) is 1. The van der Waals surface area contributed by atoms with Crippen molar-refractivity contribution in [1.29, 1.82) is 0 Å². The maximum Gasteiger partial charge on any atom is 0.157 e. The fraction of sp³-hybridized carbons (Fsp3) is 0.273. The quantitative estimate of drug-likeness (QED) is 0.883. The van der Waals surface area contributed by atoms with E-state index in [0.29, 0.717) is 24.9 Å². The van der Waals surface area contributed by atoms with E-state index in [0.717, 1.165) is 11.3 Å². The first-order valence-electron chi connectivity index (χ1n) is 5.03. The van der Waals surface area contributed by atoms with Gasteiger partial charge < -0.3 is 10.5 Å². The average Bonchev–Trinajstić information content (AvgIpc) is 2.79. The third-order valence-corrected chi connectivity index (χ3v) is 2.73. The lowest BCUT2D eigenvalue weighted by molar-refractivity contribution is 0.128. The molecule has 0 aromatic carbocycles. The first-order valence-corrected chi connectivity index (χ1v) is 5.97. The fourth-order valence-corrected chi connectivity index (χ4v) is 1.98. The minimum atomic E-state index is 0.401. The molecule has 0 fully saturated rings. The minimum Gasteiger partial charge on any atom is -0.384 e. The van der Waals surface area contributed by atoms with Gasteiger partial charge in [-0.15, -0.1) is 0 Å². The molecule has 0 aliphatic heterocycles. The zero-order valence-corrected chi connectivity index (χ0v) is 9.83. The number of aromatic nitrogens is 2. The predicted octanol–water partition coefficient (Wildman–Crippen LogP) is 2.32. The summed E-state index contributed by atoms with van der Waals surface area (Å²) in [5, 5.41) is 4.04. The van der Waals surface area contributed by atoms with Gasteiger partial charge in [-0.2, -0.15) is 11.3 Å². The van der Waals surface area contributed by atoms with Crippen LogP contribution in [0, 0.1) is 0 Å². The second-order valence-electron chi connectivity index (χ2n) is 3.24. The van der Waals surface area contributed by atoms with Crippen LogP contribution in [0.5, 0.6) is 0 Å².